The molecule has 3 aromatic carbocycles. The third kappa shape index (κ3) is 5.26. The van der Waals surface area contributed by atoms with Crippen molar-refractivity contribution < 1.29 is 18.7 Å². The highest BCUT2D eigenvalue weighted by Gasteiger charge is 2.35. The smallest absolute Gasteiger partial charge is 0.293 e. The van der Waals surface area contributed by atoms with Gasteiger partial charge in [-0.2, -0.15) is 5.26 Å². The summed E-state index contributed by atoms with van der Waals surface area (Å²) < 4.78 is 20.3. The summed E-state index contributed by atoms with van der Waals surface area (Å²) in [6.45, 7) is 0.150. The molecule has 0 unspecified atom stereocenters. The van der Waals surface area contributed by atoms with Gasteiger partial charge in [0.2, 0.25) is 0 Å². The Bertz CT molecular complexity index is 1320. The molecule has 1 saturated heterocycles. The van der Waals surface area contributed by atoms with E-state index >= 15 is 0 Å². The van der Waals surface area contributed by atoms with Crippen LogP contribution in [0.5, 0.6) is 5.75 Å². The minimum atomic E-state index is -0.396. The molecule has 0 N–H and O–H groups in total. The van der Waals surface area contributed by atoms with Crippen LogP contribution in [0.15, 0.2) is 71.6 Å². The first-order valence-corrected chi connectivity index (χ1v) is 11.7. The average Bonchev–Trinajstić information content (AvgIpc) is 3.07. The van der Waals surface area contributed by atoms with Crippen LogP contribution in [-0.4, -0.2) is 16.0 Å². The first kappa shape index (κ1) is 23.0. The number of ether oxygens (including phenoxy) is 1. The maximum Gasteiger partial charge on any atom is 0.293 e. The Morgan fingerprint density at radius 1 is 1.06 bits per heavy atom. The van der Waals surface area contributed by atoms with Crippen molar-refractivity contribution >= 4 is 51.6 Å². The molecule has 1 aliphatic rings. The number of benzene rings is 3. The Morgan fingerprint density at radius 3 is 2.52 bits per heavy atom. The molecule has 8 heteroatoms. The Labute approximate surface area is 208 Å². The molecule has 0 radical (unpaired) electrons. The lowest BCUT2D eigenvalue weighted by Gasteiger charge is -2.13. The lowest BCUT2D eigenvalue weighted by molar-refractivity contribution is -0.123. The largest absolute Gasteiger partial charge is 0.488 e. The van der Waals surface area contributed by atoms with Crippen molar-refractivity contribution in [3.63, 3.8) is 0 Å². The van der Waals surface area contributed by atoms with Gasteiger partial charge in [-0.3, -0.25) is 14.5 Å². The Hall–Kier alpha value is -3.16. The van der Waals surface area contributed by atoms with Crippen molar-refractivity contribution in [1.82, 2.24) is 4.90 Å². The van der Waals surface area contributed by atoms with E-state index < -0.39 is 5.91 Å². The second-order valence-electron chi connectivity index (χ2n) is 7.11. The van der Waals surface area contributed by atoms with Crippen LogP contribution in [0.2, 0.25) is 0 Å². The van der Waals surface area contributed by atoms with Crippen molar-refractivity contribution in [2.24, 2.45) is 0 Å². The molecule has 0 saturated carbocycles. The molecule has 0 aliphatic carbocycles. The summed E-state index contributed by atoms with van der Waals surface area (Å²) in [6.07, 6.45) is 1.66. The molecule has 164 valence electrons. The van der Waals surface area contributed by atoms with Gasteiger partial charge >= 0.3 is 0 Å². The van der Waals surface area contributed by atoms with Crippen molar-refractivity contribution in [1.29, 1.82) is 5.26 Å². The summed E-state index contributed by atoms with van der Waals surface area (Å²) in [6, 6.07) is 20.8. The zero-order valence-corrected chi connectivity index (χ0v) is 20.1. The first-order valence-electron chi connectivity index (χ1n) is 9.85. The summed E-state index contributed by atoms with van der Waals surface area (Å²) in [5.41, 5.74) is 2.25. The number of carbonyl (C=O) groups excluding carboxylic acids is 2. The fraction of sp³-hybridized carbons (Fsp3) is 0.0800. The number of thioether (sulfide) groups is 1. The van der Waals surface area contributed by atoms with E-state index in [4.69, 9.17) is 4.74 Å². The normalized spacial score (nSPS) is 14.6. The number of hydrogen-bond donors (Lipinski definition) is 0. The summed E-state index contributed by atoms with van der Waals surface area (Å²) in [5, 5.41) is 8.88. The number of halogens is 2. The predicted octanol–water partition coefficient (Wildman–Crippen LogP) is 6.12. The molecular weight excluding hydrogens is 554 g/mol. The number of nitriles is 1. The number of nitrogens with zero attached hydrogens (tertiary/aromatic N) is 2. The van der Waals surface area contributed by atoms with E-state index in [1.807, 2.05) is 6.07 Å². The van der Waals surface area contributed by atoms with Crippen LogP contribution in [0.1, 0.15) is 22.3 Å². The van der Waals surface area contributed by atoms with Crippen LogP contribution in [0.3, 0.4) is 0 Å². The molecule has 0 spiro atoms. The SMILES string of the molecule is N#Cc1ccccc1CN1C(=O)S/C(=C/c2ccc(OCc3ccccc3F)c(I)c2)C1=O. The molecule has 5 nitrogen and oxygen atoms in total. The van der Waals surface area contributed by atoms with Gasteiger partial charge in [-0.1, -0.05) is 42.5 Å². The van der Waals surface area contributed by atoms with E-state index in [2.05, 4.69) is 28.7 Å². The van der Waals surface area contributed by atoms with Gasteiger partial charge < -0.3 is 4.74 Å². The molecule has 1 fully saturated rings. The number of rotatable bonds is 6. The summed E-state index contributed by atoms with van der Waals surface area (Å²) in [4.78, 5) is 26.7. The molecule has 0 aromatic heterocycles. The molecule has 1 heterocycles. The van der Waals surface area contributed by atoms with Gasteiger partial charge in [-0.15, -0.1) is 0 Å². The molecule has 33 heavy (non-hydrogen) atoms. The molecule has 4 rings (SSSR count). The highest BCUT2D eigenvalue weighted by atomic mass is 127. The highest BCUT2D eigenvalue weighted by molar-refractivity contribution is 14.1. The Kier molecular flexibility index (Phi) is 7.11. The van der Waals surface area contributed by atoms with E-state index in [-0.39, 0.29) is 24.2 Å². The predicted molar refractivity (Wildman–Crippen MR) is 133 cm³/mol. The molecule has 1 aliphatic heterocycles. The van der Waals surface area contributed by atoms with Crippen LogP contribution in [0, 0.1) is 20.7 Å². The fourth-order valence-corrected chi connectivity index (χ4v) is 4.75. The van der Waals surface area contributed by atoms with Gasteiger partial charge in [-0.25, -0.2) is 4.39 Å². The van der Waals surface area contributed by atoms with Crippen LogP contribution >= 0.6 is 34.4 Å². The maximum absolute atomic E-state index is 13.8. The summed E-state index contributed by atoms with van der Waals surface area (Å²) in [7, 11) is 0. The van der Waals surface area contributed by atoms with Gasteiger partial charge in [0.15, 0.2) is 0 Å². The number of imide groups is 1. The van der Waals surface area contributed by atoms with Crippen LogP contribution < -0.4 is 4.74 Å². The number of carbonyl (C=O) groups is 2. The van der Waals surface area contributed by atoms with Gasteiger partial charge in [0.1, 0.15) is 18.2 Å². The van der Waals surface area contributed by atoms with E-state index in [1.54, 1.807) is 60.7 Å². The van der Waals surface area contributed by atoms with Gasteiger partial charge in [-0.05, 0) is 75.8 Å². The van der Waals surface area contributed by atoms with Crippen molar-refractivity contribution in [2.45, 2.75) is 13.2 Å². The standard InChI is InChI=1S/C25H16FIN2O3S/c26-20-8-4-3-7-19(20)15-32-22-10-9-16(11-21(22)27)12-23-24(30)29(25(31)33-23)14-18-6-2-1-5-17(18)13-28/h1-12H,14-15H2/b23-12+. The monoisotopic (exact) mass is 570 g/mol. The summed E-state index contributed by atoms with van der Waals surface area (Å²) >= 11 is 2.98. The number of hydrogen-bond acceptors (Lipinski definition) is 5. The fourth-order valence-electron chi connectivity index (χ4n) is 3.22. The maximum atomic E-state index is 13.8. The van der Waals surface area contributed by atoms with E-state index in [9.17, 15) is 19.2 Å². The zero-order valence-electron chi connectivity index (χ0n) is 17.1. The Morgan fingerprint density at radius 2 is 1.79 bits per heavy atom. The van der Waals surface area contributed by atoms with Gasteiger partial charge in [0.25, 0.3) is 11.1 Å². The van der Waals surface area contributed by atoms with Crippen LogP contribution in [0.25, 0.3) is 6.08 Å². The summed E-state index contributed by atoms with van der Waals surface area (Å²) in [5.74, 6) is -0.123. The molecule has 0 bridgehead atoms. The van der Waals surface area contributed by atoms with E-state index in [0.29, 0.717) is 27.3 Å². The molecule has 3 aromatic rings. The van der Waals surface area contributed by atoms with E-state index in [1.165, 1.54) is 6.07 Å². The minimum absolute atomic E-state index is 0.0477. The quantitative estimate of drug-likeness (QED) is 0.264. The minimum Gasteiger partial charge on any atom is -0.488 e. The van der Waals surface area contributed by atoms with Crippen molar-refractivity contribution in [2.75, 3.05) is 0 Å². The Balaban J connectivity index is 1.48. The van der Waals surface area contributed by atoms with Crippen LogP contribution in [0.4, 0.5) is 9.18 Å². The zero-order chi connectivity index (χ0) is 23.4. The lowest BCUT2D eigenvalue weighted by atomic mass is 10.1. The topological polar surface area (TPSA) is 70.4 Å². The second kappa shape index (κ2) is 10.2. The van der Waals surface area contributed by atoms with Gasteiger partial charge in [0.05, 0.1) is 26.7 Å². The number of amides is 2. The third-order valence-electron chi connectivity index (χ3n) is 4.93. The molecular formula is C25H16FIN2O3S. The van der Waals surface area contributed by atoms with E-state index in [0.717, 1.165) is 25.8 Å². The highest BCUT2D eigenvalue weighted by Crippen LogP contribution is 2.34. The first-order chi connectivity index (χ1) is 16.0. The molecule has 2 amide bonds. The lowest BCUT2D eigenvalue weighted by Crippen LogP contribution is -2.27. The van der Waals surface area contributed by atoms with Crippen molar-refractivity contribution in [3.05, 3.63) is 103 Å². The average molecular weight is 570 g/mol. The third-order valence-corrected chi connectivity index (χ3v) is 6.68. The molecule has 0 atom stereocenters. The van der Waals surface area contributed by atoms with Gasteiger partial charge in [0, 0.05) is 5.56 Å². The second-order valence-corrected chi connectivity index (χ2v) is 9.26. The van der Waals surface area contributed by atoms with Crippen LogP contribution in [-0.2, 0) is 17.9 Å². The van der Waals surface area contributed by atoms with Crippen molar-refractivity contribution in [3.8, 4) is 11.8 Å².